The predicted molar refractivity (Wildman–Crippen MR) is 70.6 cm³/mol. The first-order valence-corrected chi connectivity index (χ1v) is 7.97. The van der Waals surface area contributed by atoms with E-state index < -0.39 is 10.0 Å². The maximum absolute atomic E-state index is 12.8. The first kappa shape index (κ1) is 14.4. The number of sulfonamides is 1. The SMILES string of the molecule is C[C@@H](NS(=O)(=O)Cc1ccc(F)cc1)[C@H]1CCCO1. The quantitative estimate of drug-likeness (QED) is 0.898. The number of ether oxygens (including phenoxy) is 1. The van der Waals surface area contributed by atoms with E-state index in [0.717, 1.165) is 12.8 Å². The van der Waals surface area contributed by atoms with Gasteiger partial charge in [0.2, 0.25) is 10.0 Å². The molecule has 2 rings (SSSR count). The van der Waals surface area contributed by atoms with Gasteiger partial charge in [-0.25, -0.2) is 17.5 Å². The van der Waals surface area contributed by atoms with Crippen molar-refractivity contribution in [3.8, 4) is 0 Å². The van der Waals surface area contributed by atoms with E-state index in [9.17, 15) is 12.8 Å². The lowest BCUT2D eigenvalue weighted by atomic mass is 10.1. The third-order valence-electron chi connectivity index (χ3n) is 3.16. The van der Waals surface area contributed by atoms with Gasteiger partial charge in [-0.1, -0.05) is 12.1 Å². The molecule has 0 radical (unpaired) electrons. The molecule has 1 aromatic carbocycles. The van der Waals surface area contributed by atoms with Gasteiger partial charge in [0.1, 0.15) is 5.82 Å². The molecule has 1 saturated heterocycles. The van der Waals surface area contributed by atoms with E-state index in [1.165, 1.54) is 24.3 Å². The predicted octanol–water partition coefficient (Wildman–Crippen LogP) is 1.81. The number of nitrogens with one attached hydrogen (secondary N) is 1. The summed E-state index contributed by atoms with van der Waals surface area (Å²) >= 11 is 0. The zero-order valence-corrected chi connectivity index (χ0v) is 11.6. The summed E-state index contributed by atoms with van der Waals surface area (Å²) in [6, 6.07) is 5.23. The smallest absolute Gasteiger partial charge is 0.216 e. The highest BCUT2D eigenvalue weighted by atomic mass is 32.2. The van der Waals surface area contributed by atoms with Gasteiger partial charge in [-0.05, 0) is 37.5 Å². The van der Waals surface area contributed by atoms with Gasteiger partial charge in [0, 0.05) is 12.6 Å². The van der Waals surface area contributed by atoms with Gasteiger partial charge in [-0.3, -0.25) is 0 Å². The van der Waals surface area contributed by atoms with Crippen LogP contribution in [-0.4, -0.2) is 27.2 Å². The van der Waals surface area contributed by atoms with Crippen molar-refractivity contribution in [1.29, 1.82) is 0 Å². The summed E-state index contributed by atoms with van der Waals surface area (Å²) in [4.78, 5) is 0. The Hall–Kier alpha value is -0.980. The molecule has 0 amide bonds. The van der Waals surface area contributed by atoms with Crippen LogP contribution in [0.1, 0.15) is 25.3 Å². The Morgan fingerprint density at radius 2 is 2.11 bits per heavy atom. The lowest BCUT2D eigenvalue weighted by molar-refractivity contribution is 0.0902. The van der Waals surface area contributed by atoms with Gasteiger partial charge in [0.15, 0.2) is 0 Å². The third-order valence-corrected chi connectivity index (χ3v) is 4.60. The summed E-state index contributed by atoms with van der Waals surface area (Å²) in [6.45, 7) is 2.49. The number of rotatable bonds is 5. The van der Waals surface area contributed by atoms with Crippen LogP contribution in [0.2, 0.25) is 0 Å². The van der Waals surface area contributed by atoms with Crippen molar-refractivity contribution < 1.29 is 17.5 Å². The second-order valence-electron chi connectivity index (χ2n) is 4.84. The van der Waals surface area contributed by atoms with Gasteiger partial charge in [-0.15, -0.1) is 0 Å². The Morgan fingerprint density at radius 1 is 1.42 bits per heavy atom. The van der Waals surface area contributed by atoms with E-state index in [4.69, 9.17) is 4.74 Å². The van der Waals surface area contributed by atoms with E-state index in [1.807, 2.05) is 0 Å². The number of hydrogen-bond acceptors (Lipinski definition) is 3. The molecule has 106 valence electrons. The molecule has 0 unspecified atom stereocenters. The van der Waals surface area contributed by atoms with Gasteiger partial charge in [0.05, 0.1) is 11.9 Å². The topological polar surface area (TPSA) is 55.4 Å². The first-order valence-electron chi connectivity index (χ1n) is 6.32. The van der Waals surface area contributed by atoms with Crippen LogP contribution in [0, 0.1) is 5.82 Å². The summed E-state index contributed by atoms with van der Waals surface area (Å²) in [5.41, 5.74) is 0.563. The van der Waals surface area contributed by atoms with Gasteiger partial charge >= 0.3 is 0 Å². The van der Waals surface area contributed by atoms with Crippen LogP contribution in [0.3, 0.4) is 0 Å². The number of benzene rings is 1. The standard InChI is InChI=1S/C13H18FNO3S/c1-10(13-3-2-8-18-13)15-19(16,17)9-11-4-6-12(14)7-5-11/h4-7,10,13,15H,2-3,8-9H2,1H3/t10-,13-/m1/s1. The Labute approximate surface area is 113 Å². The van der Waals surface area contributed by atoms with Crippen LogP contribution >= 0.6 is 0 Å². The van der Waals surface area contributed by atoms with E-state index in [1.54, 1.807) is 6.92 Å². The summed E-state index contributed by atoms with van der Waals surface area (Å²) < 4.78 is 44.8. The molecule has 4 nitrogen and oxygen atoms in total. The van der Waals surface area contributed by atoms with Crippen molar-refractivity contribution in [2.75, 3.05) is 6.61 Å². The molecule has 1 heterocycles. The fourth-order valence-corrected chi connectivity index (χ4v) is 3.63. The third kappa shape index (κ3) is 4.26. The lowest BCUT2D eigenvalue weighted by Gasteiger charge is -2.19. The Kier molecular flexibility index (Phi) is 4.54. The van der Waals surface area contributed by atoms with Crippen molar-refractivity contribution in [3.05, 3.63) is 35.6 Å². The Balaban J connectivity index is 1.96. The van der Waals surface area contributed by atoms with Crippen molar-refractivity contribution in [1.82, 2.24) is 4.72 Å². The molecule has 1 fully saturated rings. The molecule has 1 N–H and O–H groups in total. The summed E-state index contributed by atoms with van der Waals surface area (Å²) in [6.07, 6.45) is 1.79. The fraction of sp³-hybridized carbons (Fsp3) is 0.538. The molecule has 0 aromatic heterocycles. The van der Waals surface area contributed by atoms with Crippen molar-refractivity contribution in [3.63, 3.8) is 0 Å². The van der Waals surface area contributed by atoms with Crippen LogP contribution in [0.4, 0.5) is 4.39 Å². The van der Waals surface area contributed by atoms with E-state index in [-0.39, 0.29) is 23.7 Å². The normalized spacial score (nSPS) is 21.5. The molecule has 0 saturated carbocycles. The number of hydrogen-bond donors (Lipinski definition) is 1. The van der Waals surface area contributed by atoms with Crippen molar-refractivity contribution >= 4 is 10.0 Å². The average molecular weight is 287 g/mol. The molecule has 1 aliphatic rings. The highest BCUT2D eigenvalue weighted by molar-refractivity contribution is 7.88. The van der Waals surface area contributed by atoms with Crippen LogP contribution in [-0.2, 0) is 20.5 Å². The molecular weight excluding hydrogens is 269 g/mol. The van der Waals surface area contributed by atoms with E-state index in [2.05, 4.69) is 4.72 Å². The van der Waals surface area contributed by atoms with Gasteiger partial charge in [-0.2, -0.15) is 0 Å². The minimum atomic E-state index is -3.44. The molecule has 0 bridgehead atoms. The monoisotopic (exact) mass is 287 g/mol. The van der Waals surface area contributed by atoms with Crippen LogP contribution in [0.15, 0.2) is 24.3 Å². The van der Waals surface area contributed by atoms with E-state index in [0.29, 0.717) is 12.2 Å². The highest BCUT2D eigenvalue weighted by Gasteiger charge is 2.26. The zero-order chi connectivity index (χ0) is 13.9. The van der Waals surface area contributed by atoms with Crippen LogP contribution < -0.4 is 4.72 Å². The van der Waals surface area contributed by atoms with Gasteiger partial charge < -0.3 is 4.74 Å². The highest BCUT2D eigenvalue weighted by Crippen LogP contribution is 2.16. The van der Waals surface area contributed by atoms with E-state index >= 15 is 0 Å². The minimum absolute atomic E-state index is 0.0528. The molecule has 19 heavy (non-hydrogen) atoms. The lowest BCUT2D eigenvalue weighted by Crippen LogP contribution is -2.41. The summed E-state index contributed by atoms with van der Waals surface area (Å²) in [5, 5.41) is 0. The summed E-state index contributed by atoms with van der Waals surface area (Å²) in [5.74, 6) is -0.522. The maximum Gasteiger partial charge on any atom is 0.216 e. The second kappa shape index (κ2) is 5.98. The molecule has 0 aliphatic carbocycles. The van der Waals surface area contributed by atoms with Gasteiger partial charge in [0.25, 0.3) is 0 Å². The van der Waals surface area contributed by atoms with Crippen LogP contribution in [0.25, 0.3) is 0 Å². The number of halogens is 1. The molecule has 1 aromatic rings. The van der Waals surface area contributed by atoms with Crippen LogP contribution in [0.5, 0.6) is 0 Å². The molecule has 6 heteroatoms. The average Bonchev–Trinajstić information content (AvgIpc) is 2.85. The maximum atomic E-state index is 12.8. The largest absolute Gasteiger partial charge is 0.377 e. The van der Waals surface area contributed by atoms with Crippen molar-refractivity contribution in [2.45, 2.75) is 37.7 Å². The minimum Gasteiger partial charge on any atom is -0.377 e. The molecule has 1 aliphatic heterocycles. The summed E-state index contributed by atoms with van der Waals surface area (Å²) in [7, 11) is -3.44. The first-order chi connectivity index (χ1) is 8.96. The molecule has 0 spiro atoms. The Bertz CT molecular complexity index is 509. The second-order valence-corrected chi connectivity index (χ2v) is 6.60. The molecule has 2 atom stereocenters. The molecular formula is C13H18FNO3S. The van der Waals surface area contributed by atoms with Crippen molar-refractivity contribution in [2.24, 2.45) is 0 Å². The fourth-order valence-electron chi connectivity index (χ4n) is 2.20. The zero-order valence-electron chi connectivity index (χ0n) is 10.8. The Morgan fingerprint density at radius 3 is 2.68 bits per heavy atom.